The first kappa shape index (κ1) is 28.8. The monoisotopic (exact) mass is 463 g/mol. The van der Waals surface area contributed by atoms with Crippen molar-refractivity contribution in [1.29, 1.82) is 0 Å². The van der Waals surface area contributed by atoms with Crippen LogP contribution in [0.5, 0.6) is 0 Å². The molecule has 2 N–H and O–H groups in total. The molecule has 0 saturated carbocycles. The van der Waals surface area contributed by atoms with E-state index in [2.05, 4.69) is 23.3 Å². The van der Waals surface area contributed by atoms with E-state index in [1.807, 2.05) is 0 Å². The number of carbonyl (C=O) groups excluding carboxylic acids is 3. The fourth-order valence-corrected chi connectivity index (χ4v) is 2.92. The standard InChI is InChI=1S/C20H33NO9S/c1-6-20(13-28-17(22)15(2)3,14-29-18(23)16(4)5)19(24)27-11-9-7-8-10-12-31(25,26)30-21/h2,4,6-14,21H2,1,3,5H3. The molecule has 0 fully saturated rings. The first-order valence-corrected chi connectivity index (χ1v) is 11.4. The highest BCUT2D eigenvalue weighted by Gasteiger charge is 2.42. The van der Waals surface area contributed by atoms with Crippen LogP contribution < -0.4 is 5.90 Å². The molecule has 0 unspecified atom stereocenters. The quantitative estimate of drug-likeness (QED) is 0.118. The van der Waals surface area contributed by atoms with Gasteiger partial charge in [-0.1, -0.05) is 32.9 Å². The van der Waals surface area contributed by atoms with Gasteiger partial charge in [0.25, 0.3) is 10.1 Å². The Kier molecular flexibility index (Phi) is 12.9. The van der Waals surface area contributed by atoms with Gasteiger partial charge in [0.2, 0.25) is 0 Å². The van der Waals surface area contributed by atoms with Crippen LogP contribution >= 0.6 is 0 Å². The molecule has 0 bridgehead atoms. The topological polar surface area (TPSA) is 148 Å². The molecule has 11 heteroatoms. The summed E-state index contributed by atoms with van der Waals surface area (Å²) in [6.07, 6.45) is 2.23. The van der Waals surface area contributed by atoms with E-state index in [1.165, 1.54) is 13.8 Å². The van der Waals surface area contributed by atoms with Crippen molar-refractivity contribution in [2.45, 2.75) is 52.9 Å². The second-order valence-electron chi connectivity index (χ2n) is 7.25. The van der Waals surface area contributed by atoms with Crippen LogP contribution in [0.2, 0.25) is 0 Å². The van der Waals surface area contributed by atoms with E-state index >= 15 is 0 Å². The maximum absolute atomic E-state index is 12.8. The fourth-order valence-electron chi connectivity index (χ4n) is 2.26. The molecule has 0 aliphatic carbocycles. The highest BCUT2D eigenvalue weighted by atomic mass is 32.2. The maximum atomic E-state index is 12.8. The summed E-state index contributed by atoms with van der Waals surface area (Å²) in [4.78, 5) is 36.3. The van der Waals surface area contributed by atoms with Gasteiger partial charge in [0.05, 0.1) is 12.4 Å². The lowest BCUT2D eigenvalue weighted by molar-refractivity contribution is -0.170. The lowest BCUT2D eigenvalue weighted by Gasteiger charge is -2.29. The average molecular weight is 464 g/mol. The molecule has 0 aliphatic rings. The zero-order chi connectivity index (χ0) is 24.1. The molecule has 0 heterocycles. The molecule has 10 nitrogen and oxygen atoms in total. The number of ether oxygens (including phenoxy) is 3. The fraction of sp³-hybridized carbons (Fsp3) is 0.650. The number of carbonyl (C=O) groups is 3. The van der Waals surface area contributed by atoms with Gasteiger partial charge in [-0.05, 0) is 33.1 Å². The highest BCUT2D eigenvalue weighted by molar-refractivity contribution is 7.86. The summed E-state index contributed by atoms with van der Waals surface area (Å²) < 4.78 is 41.7. The van der Waals surface area contributed by atoms with E-state index in [0.717, 1.165) is 0 Å². The molecule has 0 radical (unpaired) electrons. The summed E-state index contributed by atoms with van der Waals surface area (Å²) in [5.41, 5.74) is -1.04. The van der Waals surface area contributed by atoms with E-state index in [9.17, 15) is 22.8 Å². The van der Waals surface area contributed by atoms with E-state index < -0.39 is 33.4 Å². The van der Waals surface area contributed by atoms with Crippen molar-refractivity contribution < 1.29 is 41.3 Å². The summed E-state index contributed by atoms with van der Waals surface area (Å²) in [6.45, 7) is 11.0. The molecule has 0 aromatic heterocycles. The summed E-state index contributed by atoms with van der Waals surface area (Å²) in [5, 5.41) is 0. The van der Waals surface area contributed by atoms with Crippen LogP contribution in [0.25, 0.3) is 0 Å². The van der Waals surface area contributed by atoms with Crippen LogP contribution in [0, 0.1) is 5.41 Å². The van der Waals surface area contributed by atoms with Crippen LogP contribution in [0.4, 0.5) is 0 Å². The Labute approximate surface area is 183 Å². The minimum absolute atomic E-state index is 0.0730. The predicted molar refractivity (Wildman–Crippen MR) is 113 cm³/mol. The van der Waals surface area contributed by atoms with E-state index in [1.54, 1.807) is 6.92 Å². The normalized spacial score (nSPS) is 11.5. The molecule has 0 rings (SSSR count). The van der Waals surface area contributed by atoms with Gasteiger partial charge in [-0.15, -0.1) is 0 Å². The van der Waals surface area contributed by atoms with Crippen LogP contribution in [-0.4, -0.2) is 51.9 Å². The van der Waals surface area contributed by atoms with Crippen LogP contribution in [-0.2, 0) is 43.0 Å². The van der Waals surface area contributed by atoms with E-state index in [0.29, 0.717) is 25.7 Å². The number of rotatable bonds is 16. The molecule has 0 aromatic carbocycles. The largest absolute Gasteiger partial charge is 0.465 e. The molecular formula is C20H33NO9S. The first-order chi connectivity index (χ1) is 14.4. The van der Waals surface area contributed by atoms with Crippen molar-refractivity contribution in [3.63, 3.8) is 0 Å². The minimum atomic E-state index is -3.69. The summed E-state index contributed by atoms with van der Waals surface area (Å²) in [7, 11) is -3.69. The molecule has 0 aliphatic heterocycles. The van der Waals surface area contributed by atoms with Crippen LogP contribution in [0.3, 0.4) is 0 Å². The Morgan fingerprint density at radius 3 is 1.77 bits per heavy atom. The Hall–Kier alpha value is -2.24. The molecule has 0 spiro atoms. The van der Waals surface area contributed by atoms with Gasteiger partial charge in [0.1, 0.15) is 18.6 Å². The lowest BCUT2D eigenvalue weighted by Crippen LogP contribution is -2.42. The Balaban J connectivity index is 4.83. The van der Waals surface area contributed by atoms with Crippen molar-refractivity contribution in [2.75, 3.05) is 25.6 Å². The molecular weight excluding hydrogens is 430 g/mol. The van der Waals surface area contributed by atoms with Crippen molar-refractivity contribution in [2.24, 2.45) is 11.3 Å². The van der Waals surface area contributed by atoms with Crippen LogP contribution in [0.15, 0.2) is 24.3 Å². The van der Waals surface area contributed by atoms with Gasteiger partial charge in [0, 0.05) is 11.1 Å². The zero-order valence-corrected chi connectivity index (χ0v) is 19.3. The third-order valence-corrected chi connectivity index (χ3v) is 5.52. The van der Waals surface area contributed by atoms with Gasteiger partial charge in [-0.25, -0.2) is 9.59 Å². The minimum Gasteiger partial charge on any atom is -0.465 e. The number of nitrogens with two attached hydrogens (primary N) is 1. The zero-order valence-electron chi connectivity index (χ0n) is 18.4. The van der Waals surface area contributed by atoms with Gasteiger partial charge in [-0.2, -0.15) is 18.6 Å². The second kappa shape index (κ2) is 13.9. The number of esters is 3. The summed E-state index contributed by atoms with van der Waals surface area (Å²) in [6, 6.07) is 0. The molecule has 0 amide bonds. The Morgan fingerprint density at radius 2 is 1.35 bits per heavy atom. The van der Waals surface area contributed by atoms with Gasteiger partial charge in [-0.3, -0.25) is 4.79 Å². The lowest BCUT2D eigenvalue weighted by atomic mass is 9.87. The molecule has 0 saturated heterocycles. The third kappa shape index (κ3) is 11.1. The van der Waals surface area contributed by atoms with E-state index in [-0.39, 0.29) is 43.1 Å². The summed E-state index contributed by atoms with van der Waals surface area (Å²) >= 11 is 0. The van der Waals surface area contributed by atoms with Gasteiger partial charge in [0.15, 0.2) is 0 Å². The van der Waals surface area contributed by atoms with Gasteiger partial charge < -0.3 is 14.2 Å². The smallest absolute Gasteiger partial charge is 0.333 e. The van der Waals surface area contributed by atoms with Crippen molar-refractivity contribution >= 4 is 28.0 Å². The van der Waals surface area contributed by atoms with Crippen molar-refractivity contribution in [3.8, 4) is 0 Å². The second-order valence-corrected chi connectivity index (χ2v) is 8.97. The Morgan fingerprint density at radius 1 is 0.871 bits per heavy atom. The third-order valence-electron chi connectivity index (χ3n) is 4.43. The number of hydrogen-bond donors (Lipinski definition) is 1. The number of hydrogen-bond acceptors (Lipinski definition) is 10. The first-order valence-electron chi connectivity index (χ1n) is 9.84. The average Bonchev–Trinajstić information content (AvgIpc) is 2.72. The Bertz CT molecular complexity index is 729. The molecule has 0 atom stereocenters. The van der Waals surface area contributed by atoms with Gasteiger partial charge >= 0.3 is 17.9 Å². The molecule has 0 aromatic rings. The highest BCUT2D eigenvalue weighted by Crippen LogP contribution is 2.26. The molecule has 31 heavy (non-hydrogen) atoms. The summed E-state index contributed by atoms with van der Waals surface area (Å²) in [5.74, 6) is 2.45. The van der Waals surface area contributed by atoms with Crippen LogP contribution in [0.1, 0.15) is 52.9 Å². The van der Waals surface area contributed by atoms with E-state index in [4.69, 9.17) is 14.2 Å². The maximum Gasteiger partial charge on any atom is 0.333 e. The number of unbranched alkanes of at least 4 members (excludes halogenated alkanes) is 3. The van der Waals surface area contributed by atoms with Crippen molar-refractivity contribution in [3.05, 3.63) is 24.3 Å². The van der Waals surface area contributed by atoms with Crippen molar-refractivity contribution in [1.82, 2.24) is 0 Å². The SMILES string of the molecule is C=C(C)C(=O)OCC(CC)(COC(=O)C(=C)C)C(=O)OCCCCCCS(=O)(=O)ON. The predicted octanol–water partition coefficient (Wildman–Crippen LogP) is 1.95. The molecule has 178 valence electrons.